The lowest BCUT2D eigenvalue weighted by Gasteiger charge is -2.14. The van der Waals surface area contributed by atoms with Crippen molar-refractivity contribution < 1.29 is 22.8 Å². The van der Waals surface area contributed by atoms with Crippen molar-refractivity contribution in [3.63, 3.8) is 0 Å². The molecule has 0 saturated heterocycles. The van der Waals surface area contributed by atoms with E-state index in [1.165, 1.54) is 38.4 Å². The highest BCUT2D eigenvalue weighted by Gasteiger charge is 2.21. The first-order valence-electron chi connectivity index (χ1n) is 9.54. The normalized spacial score (nSPS) is 11.2. The summed E-state index contributed by atoms with van der Waals surface area (Å²) in [5.41, 5.74) is 1.79. The molecule has 166 valence electrons. The van der Waals surface area contributed by atoms with E-state index in [-0.39, 0.29) is 22.9 Å². The summed E-state index contributed by atoms with van der Waals surface area (Å²) in [6, 6.07) is 17.4. The van der Waals surface area contributed by atoms with Gasteiger partial charge in [0.05, 0.1) is 24.2 Å². The zero-order chi connectivity index (χ0) is 23.1. The average Bonchev–Trinajstić information content (AvgIpc) is 2.82. The molecule has 0 saturated carbocycles. The van der Waals surface area contributed by atoms with Gasteiger partial charge in [-0.2, -0.15) is 0 Å². The second-order valence-corrected chi connectivity index (χ2v) is 8.60. The van der Waals surface area contributed by atoms with Gasteiger partial charge in [-0.25, -0.2) is 8.42 Å². The molecule has 32 heavy (non-hydrogen) atoms. The van der Waals surface area contributed by atoms with Gasteiger partial charge in [-0.1, -0.05) is 16.6 Å². The number of nitrogens with one attached hydrogen (secondary N) is 2. The molecular formula is C22H22N4O5S. The minimum Gasteiger partial charge on any atom is -0.346 e. The van der Waals surface area contributed by atoms with E-state index >= 15 is 0 Å². The first-order valence-corrected chi connectivity index (χ1v) is 11.0. The number of carbonyl (C=O) groups excluding carboxylic acids is 2. The van der Waals surface area contributed by atoms with Crippen LogP contribution in [0.5, 0.6) is 0 Å². The molecule has 0 fully saturated rings. The highest BCUT2D eigenvalue weighted by molar-refractivity contribution is 7.89. The SMILES string of the molecule is CON(C)S(=O)(=O)c1ccc(C(=O)Nc2cccc(C(=O)NCc3ccccn3)c2)cc1. The van der Waals surface area contributed by atoms with E-state index in [1.54, 1.807) is 42.6 Å². The van der Waals surface area contributed by atoms with Crippen molar-refractivity contribution in [2.24, 2.45) is 0 Å². The number of hydrogen-bond donors (Lipinski definition) is 2. The summed E-state index contributed by atoms with van der Waals surface area (Å²) in [5.74, 6) is -0.747. The summed E-state index contributed by atoms with van der Waals surface area (Å²) in [6.07, 6.45) is 1.65. The molecule has 0 radical (unpaired) electrons. The van der Waals surface area contributed by atoms with E-state index < -0.39 is 15.9 Å². The number of hydrogen-bond acceptors (Lipinski definition) is 6. The van der Waals surface area contributed by atoms with Crippen molar-refractivity contribution in [2.75, 3.05) is 19.5 Å². The summed E-state index contributed by atoms with van der Waals surface area (Å²) in [4.78, 5) is 33.8. The van der Waals surface area contributed by atoms with Gasteiger partial charge >= 0.3 is 0 Å². The Balaban J connectivity index is 1.66. The number of sulfonamides is 1. The van der Waals surface area contributed by atoms with Gasteiger partial charge < -0.3 is 10.6 Å². The molecule has 10 heteroatoms. The van der Waals surface area contributed by atoms with Crippen LogP contribution in [0.4, 0.5) is 5.69 Å². The zero-order valence-electron chi connectivity index (χ0n) is 17.5. The lowest BCUT2D eigenvalue weighted by molar-refractivity contribution is -0.0258. The maximum absolute atomic E-state index is 12.6. The third kappa shape index (κ3) is 5.55. The van der Waals surface area contributed by atoms with Crippen molar-refractivity contribution in [3.05, 3.63) is 89.7 Å². The van der Waals surface area contributed by atoms with Gasteiger partial charge in [0.25, 0.3) is 21.8 Å². The fourth-order valence-electron chi connectivity index (χ4n) is 2.74. The molecule has 9 nitrogen and oxygen atoms in total. The van der Waals surface area contributed by atoms with Crippen LogP contribution in [0.3, 0.4) is 0 Å². The molecule has 0 aliphatic carbocycles. The fraction of sp³-hybridized carbons (Fsp3) is 0.136. The maximum Gasteiger partial charge on any atom is 0.264 e. The molecule has 2 N–H and O–H groups in total. The monoisotopic (exact) mass is 454 g/mol. The first-order chi connectivity index (χ1) is 15.3. The predicted molar refractivity (Wildman–Crippen MR) is 118 cm³/mol. The average molecular weight is 455 g/mol. The molecule has 0 aliphatic rings. The molecular weight excluding hydrogens is 432 g/mol. The Labute approximate surface area is 186 Å². The Morgan fingerprint density at radius 2 is 1.72 bits per heavy atom. The Morgan fingerprint density at radius 1 is 0.969 bits per heavy atom. The summed E-state index contributed by atoms with van der Waals surface area (Å²) >= 11 is 0. The van der Waals surface area contributed by atoms with Gasteiger partial charge in [-0.15, -0.1) is 0 Å². The number of amides is 2. The number of anilines is 1. The van der Waals surface area contributed by atoms with Crippen LogP contribution in [0.25, 0.3) is 0 Å². The molecule has 2 aromatic carbocycles. The van der Waals surface area contributed by atoms with Gasteiger partial charge in [0.15, 0.2) is 0 Å². The maximum atomic E-state index is 12.6. The summed E-state index contributed by atoms with van der Waals surface area (Å²) in [5, 5.41) is 5.48. The van der Waals surface area contributed by atoms with E-state index in [0.29, 0.717) is 11.3 Å². The van der Waals surface area contributed by atoms with Crippen LogP contribution in [-0.4, -0.2) is 43.8 Å². The van der Waals surface area contributed by atoms with E-state index in [9.17, 15) is 18.0 Å². The second kappa shape index (κ2) is 10.1. The number of rotatable bonds is 8. The number of pyridine rings is 1. The smallest absolute Gasteiger partial charge is 0.264 e. The molecule has 2 amide bonds. The predicted octanol–water partition coefficient (Wildman–Crippen LogP) is 2.45. The Morgan fingerprint density at radius 3 is 2.38 bits per heavy atom. The van der Waals surface area contributed by atoms with Crippen LogP contribution in [-0.2, 0) is 21.4 Å². The number of aromatic nitrogens is 1. The Kier molecular flexibility index (Phi) is 7.31. The number of nitrogens with zero attached hydrogens (tertiary/aromatic N) is 2. The minimum atomic E-state index is -3.80. The zero-order valence-corrected chi connectivity index (χ0v) is 18.3. The van der Waals surface area contributed by atoms with Crippen molar-refractivity contribution in [1.82, 2.24) is 14.8 Å². The Hall–Kier alpha value is -3.60. The third-order valence-electron chi connectivity index (χ3n) is 4.55. The highest BCUT2D eigenvalue weighted by Crippen LogP contribution is 2.17. The largest absolute Gasteiger partial charge is 0.346 e. The van der Waals surface area contributed by atoms with Gasteiger partial charge in [0, 0.05) is 30.1 Å². The fourth-order valence-corrected chi connectivity index (χ4v) is 3.72. The van der Waals surface area contributed by atoms with E-state index in [1.807, 2.05) is 6.07 Å². The number of hydroxylamine groups is 1. The summed E-state index contributed by atoms with van der Waals surface area (Å²) in [6.45, 7) is 0.282. The van der Waals surface area contributed by atoms with E-state index in [4.69, 9.17) is 4.84 Å². The van der Waals surface area contributed by atoms with Crippen molar-refractivity contribution >= 4 is 27.5 Å². The Bertz CT molecular complexity index is 1200. The van der Waals surface area contributed by atoms with Crippen LogP contribution < -0.4 is 10.6 Å². The molecule has 1 heterocycles. The molecule has 0 aliphatic heterocycles. The molecule has 0 atom stereocenters. The number of benzene rings is 2. The first kappa shape index (κ1) is 23.1. The molecule has 1 aromatic heterocycles. The highest BCUT2D eigenvalue weighted by atomic mass is 32.2. The second-order valence-electron chi connectivity index (χ2n) is 6.66. The van der Waals surface area contributed by atoms with Gasteiger partial charge in [-0.05, 0) is 54.6 Å². The van der Waals surface area contributed by atoms with E-state index in [2.05, 4.69) is 15.6 Å². The van der Waals surface area contributed by atoms with Gasteiger partial charge in [-0.3, -0.25) is 19.4 Å². The van der Waals surface area contributed by atoms with E-state index in [0.717, 1.165) is 10.2 Å². The summed E-state index contributed by atoms with van der Waals surface area (Å²) < 4.78 is 25.2. The molecule has 0 bridgehead atoms. The van der Waals surface area contributed by atoms with Gasteiger partial charge in [0.1, 0.15) is 0 Å². The quantitative estimate of drug-likeness (QED) is 0.505. The van der Waals surface area contributed by atoms with Gasteiger partial charge in [0.2, 0.25) is 0 Å². The molecule has 0 spiro atoms. The molecule has 3 aromatic rings. The van der Waals surface area contributed by atoms with Crippen molar-refractivity contribution in [1.29, 1.82) is 0 Å². The lowest BCUT2D eigenvalue weighted by atomic mass is 10.1. The summed E-state index contributed by atoms with van der Waals surface area (Å²) in [7, 11) is -1.29. The standard InChI is InChI=1S/C22H22N4O5S/c1-26(31-2)32(29,30)20-11-9-16(10-12-20)22(28)25-18-8-5-6-17(14-18)21(27)24-15-19-7-3-4-13-23-19/h3-14H,15H2,1-2H3,(H,24,27)(H,25,28). The van der Waals surface area contributed by atoms with Crippen molar-refractivity contribution in [3.8, 4) is 0 Å². The third-order valence-corrected chi connectivity index (χ3v) is 6.24. The van der Waals surface area contributed by atoms with Crippen LogP contribution in [0, 0.1) is 0 Å². The molecule has 3 rings (SSSR count). The minimum absolute atomic E-state index is 0.00928. The van der Waals surface area contributed by atoms with Crippen molar-refractivity contribution in [2.45, 2.75) is 11.4 Å². The number of carbonyl (C=O) groups is 2. The lowest BCUT2D eigenvalue weighted by Crippen LogP contribution is -2.25. The van der Waals surface area contributed by atoms with Crippen LogP contribution >= 0.6 is 0 Å². The topological polar surface area (TPSA) is 118 Å². The van der Waals surface area contributed by atoms with Crippen LogP contribution in [0.2, 0.25) is 0 Å². The molecule has 0 unspecified atom stereocenters. The van der Waals surface area contributed by atoms with Crippen LogP contribution in [0.15, 0.2) is 77.8 Å². The van der Waals surface area contributed by atoms with Crippen LogP contribution in [0.1, 0.15) is 26.4 Å².